The van der Waals surface area contributed by atoms with E-state index < -0.39 is 0 Å². The number of benzene rings is 2. The van der Waals surface area contributed by atoms with E-state index in [-0.39, 0.29) is 33.0 Å². The molecule has 6 heteroatoms. The molecular weight excluding hydrogens is 318 g/mol. The summed E-state index contributed by atoms with van der Waals surface area (Å²) in [5, 5.41) is 1.07. The Balaban J connectivity index is 0.00000288. The van der Waals surface area contributed by atoms with Crippen molar-refractivity contribution in [3.8, 4) is 17.2 Å². The molecule has 0 aliphatic rings. The third kappa shape index (κ3) is 4.33. The van der Waals surface area contributed by atoms with Gasteiger partial charge in [0.05, 0.1) is 21.3 Å². The molecule has 0 amide bonds. The summed E-state index contributed by atoms with van der Waals surface area (Å²) in [7, 11) is 4.64. The first-order chi connectivity index (χ1) is 11.0. The average Bonchev–Trinajstić information content (AvgIpc) is 2.56. The van der Waals surface area contributed by atoms with Gasteiger partial charge in [0.25, 0.3) is 0 Å². The van der Waals surface area contributed by atoms with E-state index in [9.17, 15) is 4.79 Å². The molecule has 0 spiro atoms. The molecule has 24 heavy (non-hydrogen) atoms. The summed E-state index contributed by atoms with van der Waals surface area (Å²) in [5.74, 6) is 1.51. The van der Waals surface area contributed by atoms with Crippen LogP contribution in [0, 0.1) is 13.8 Å². The molecule has 0 radical (unpaired) electrons. The van der Waals surface area contributed by atoms with E-state index in [4.69, 9.17) is 14.2 Å². The van der Waals surface area contributed by atoms with Gasteiger partial charge >= 0.3 is 18.9 Å². The van der Waals surface area contributed by atoms with Gasteiger partial charge in [-0.15, -0.1) is 0 Å². The Kier molecular flexibility index (Phi) is 7.83. The zero-order valence-corrected chi connectivity index (χ0v) is 16.0. The fourth-order valence-electron chi connectivity index (χ4n) is 2.42. The monoisotopic (exact) mass is 339 g/mol. The van der Waals surface area contributed by atoms with Crippen molar-refractivity contribution in [1.29, 1.82) is 0 Å². The van der Waals surface area contributed by atoms with Crippen LogP contribution in [0.5, 0.6) is 17.2 Å². The zero-order valence-electron chi connectivity index (χ0n) is 15.0. The molecule has 0 heterocycles. The fraction of sp³-hybridized carbons (Fsp3) is 0.278. The van der Waals surface area contributed by atoms with Crippen LogP contribution >= 0.6 is 8.58 Å². The fourth-order valence-corrected chi connectivity index (χ4v) is 3.58. The van der Waals surface area contributed by atoms with Crippen LogP contribution in [0.1, 0.15) is 21.5 Å². The van der Waals surface area contributed by atoms with E-state index >= 15 is 0 Å². The minimum Gasteiger partial charge on any atom is -0.496 e. The molecule has 0 saturated heterocycles. The molecule has 1 atom stereocenters. The number of rotatable bonds is 6. The van der Waals surface area contributed by atoms with Crippen molar-refractivity contribution in [2.45, 2.75) is 13.8 Å². The molecule has 0 N–H and O–H groups in total. The molecule has 0 aliphatic heterocycles. The van der Waals surface area contributed by atoms with Crippen molar-refractivity contribution < 1.29 is 37.9 Å². The predicted molar refractivity (Wildman–Crippen MR) is 94.3 cm³/mol. The van der Waals surface area contributed by atoms with Crippen LogP contribution in [0.3, 0.4) is 0 Å². The van der Waals surface area contributed by atoms with E-state index in [1.165, 1.54) is 14.2 Å². The molecule has 0 aromatic heterocycles. The minimum absolute atomic E-state index is 0. The van der Waals surface area contributed by atoms with Crippen LogP contribution in [0.4, 0.5) is 0 Å². The maximum atomic E-state index is 12.9. The topological polar surface area (TPSA) is 44.8 Å². The normalized spacial score (nSPS) is 10.4. The van der Waals surface area contributed by atoms with Crippen molar-refractivity contribution in [3.05, 3.63) is 47.0 Å². The third-order valence-electron chi connectivity index (χ3n) is 3.66. The van der Waals surface area contributed by atoms with Crippen LogP contribution in [0.2, 0.25) is 0 Å². The number of hydrogen-bond acceptors (Lipinski definition) is 4. The first-order valence-electron chi connectivity index (χ1n) is 7.19. The summed E-state index contributed by atoms with van der Waals surface area (Å²) < 4.78 is 16.0. The van der Waals surface area contributed by atoms with E-state index in [1.807, 2.05) is 32.0 Å². The van der Waals surface area contributed by atoms with E-state index in [1.54, 1.807) is 19.2 Å². The second-order valence-corrected chi connectivity index (χ2v) is 6.33. The van der Waals surface area contributed by atoms with Gasteiger partial charge < -0.3 is 14.2 Å². The van der Waals surface area contributed by atoms with E-state index in [0.29, 0.717) is 22.8 Å². The molecule has 1 unspecified atom stereocenters. The molecule has 0 bridgehead atoms. The zero-order chi connectivity index (χ0) is 17.0. The summed E-state index contributed by atoms with van der Waals surface area (Å²) >= 11 is 0. The molecular formula is C18H21LiO4P+. The Hall–Kier alpha value is -1.46. The summed E-state index contributed by atoms with van der Waals surface area (Å²) in [6.45, 7) is 4.04. The van der Waals surface area contributed by atoms with Gasteiger partial charge in [-0.3, -0.25) is 4.79 Å². The van der Waals surface area contributed by atoms with Crippen LogP contribution in [0.25, 0.3) is 0 Å². The van der Waals surface area contributed by atoms with Crippen molar-refractivity contribution in [2.24, 2.45) is 0 Å². The van der Waals surface area contributed by atoms with Crippen molar-refractivity contribution in [1.82, 2.24) is 0 Å². The standard InChI is InChI=1S/C18H21O4P.Li/c1-11-7-6-8-12(2)17(11)23-18(19)16-14(21-4)9-13(20-3)10-15(16)22-5;/h6-10,23H,1-5H3;/q;+1. The van der Waals surface area contributed by atoms with Crippen molar-refractivity contribution in [3.63, 3.8) is 0 Å². The first-order valence-corrected chi connectivity index (χ1v) is 8.19. The quantitative estimate of drug-likeness (QED) is 0.567. The number of ether oxygens (including phenoxy) is 3. The molecule has 2 rings (SSSR count). The number of carbonyl (C=O) groups is 1. The summed E-state index contributed by atoms with van der Waals surface area (Å²) in [6, 6.07) is 9.43. The van der Waals surface area contributed by atoms with Gasteiger partial charge in [0, 0.05) is 12.1 Å². The maximum Gasteiger partial charge on any atom is 1.00 e. The summed E-state index contributed by atoms with van der Waals surface area (Å²) in [5.41, 5.74) is 2.67. The van der Waals surface area contributed by atoms with E-state index in [0.717, 1.165) is 16.4 Å². The Labute approximate surface area is 156 Å². The minimum atomic E-state index is -0.0150. The second-order valence-electron chi connectivity index (χ2n) is 5.13. The Morgan fingerprint density at radius 2 is 1.42 bits per heavy atom. The van der Waals surface area contributed by atoms with Crippen LogP contribution < -0.4 is 38.4 Å². The maximum absolute atomic E-state index is 12.9. The van der Waals surface area contributed by atoms with Gasteiger partial charge in [0.2, 0.25) is 0 Å². The smallest absolute Gasteiger partial charge is 0.496 e. The van der Waals surface area contributed by atoms with Gasteiger partial charge in [0.1, 0.15) is 22.8 Å². The SMILES string of the molecule is COc1cc(OC)c(C(=O)Pc2c(C)cccc2C)c(OC)c1.[Li+]. The van der Waals surface area contributed by atoms with E-state index in [2.05, 4.69) is 0 Å². The molecule has 0 fully saturated rings. The molecule has 0 saturated carbocycles. The van der Waals surface area contributed by atoms with Crippen molar-refractivity contribution >= 4 is 19.4 Å². The number of hydrogen-bond donors (Lipinski definition) is 0. The third-order valence-corrected chi connectivity index (χ3v) is 5.18. The summed E-state index contributed by atoms with van der Waals surface area (Å²) in [4.78, 5) is 12.9. The Morgan fingerprint density at radius 3 is 1.83 bits per heavy atom. The molecule has 4 nitrogen and oxygen atoms in total. The van der Waals surface area contributed by atoms with Crippen LogP contribution in [0.15, 0.2) is 30.3 Å². The number of carbonyl (C=O) groups excluding carboxylic acids is 1. The van der Waals surface area contributed by atoms with Gasteiger partial charge in [-0.2, -0.15) is 0 Å². The average molecular weight is 339 g/mol. The largest absolute Gasteiger partial charge is 1.00 e. The summed E-state index contributed by atoms with van der Waals surface area (Å²) in [6.07, 6.45) is 0. The van der Waals surface area contributed by atoms with Crippen LogP contribution in [-0.4, -0.2) is 26.9 Å². The van der Waals surface area contributed by atoms with Crippen molar-refractivity contribution in [2.75, 3.05) is 21.3 Å². The molecule has 2 aromatic rings. The molecule has 0 aliphatic carbocycles. The van der Waals surface area contributed by atoms with Gasteiger partial charge in [-0.25, -0.2) is 0 Å². The van der Waals surface area contributed by atoms with Gasteiger partial charge in [0.15, 0.2) is 5.52 Å². The molecule has 2 aromatic carbocycles. The van der Waals surface area contributed by atoms with Gasteiger partial charge in [-0.1, -0.05) is 18.2 Å². The number of aryl methyl sites for hydroxylation is 2. The molecule has 122 valence electrons. The van der Waals surface area contributed by atoms with Gasteiger partial charge in [-0.05, 0) is 38.9 Å². The predicted octanol–water partition coefficient (Wildman–Crippen LogP) is 0.477. The Morgan fingerprint density at radius 1 is 0.917 bits per heavy atom. The first kappa shape index (κ1) is 20.6. The Bertz CT molecular complexity index is 686. The second kappa shape index (κ2) is 9.13. The number of methoxy groups -OCH3 is 3. The van der Waals surface area contributed by atoms with Crippen LogP contribution in [-0.2, 0) is 0 Å².